The average molecular weight is 289 g/mol. The van der Waals surface area contributed by atoms with E-state index in [1.807, 2.05) is 0 Å². The van der Waals surface area contributed by atoms with E-state index >= 15 is 0 Å². The van der Waals surface area contributed by atoms with Gasteiger partial charge in [-0.15, -0.1) is 0 Å². The Morgan fingerprint density at radius 1 is 1.06 bits per heavy atom. The number of sulfone groups is 1. The molecule has 0 heterocycles. The first-order chi connectivity index (χ1) is 7.60. The van der Waals surface area contributed by atoms with Crippen molar-refractivity contribution in [1.82, 2.24) is 4.72 Å². The summed E-state index contributed by atoms with van der Waals surface area (Å²) < 4.78 is 47.0. The van der Waals surface area contributed by atoms with Crippen LogP contribution in [0.5, 0.6) is 0 Å². The molecule has 0 unspecified atom stereocenters. The summed E-state index contributed by atoms with van der Waals surface area (Å²) in [7, 11) is -7.24. The van der Waals surface area contributed by atoms with Gasteiger partial charge in [0.05, 0.1) is 30.3 Å². The molecule has 0 radical (unpaired) electrons. The zero-order valence-electron chi connectivity index (χ0n) is 9.88. The van der Waals surface area contributed by atoms with Crippen molar-refractivity contribution in [2.75, 3.05) is 31.0 Å². The number of hydrogen-bond acceptors (Lipinski definition) is 6. The van der Waals surface area contributed by atoms with E-state index in [0.29, 0.717) is 0 Å². The standard InChI is InChI=1S/C8H19NO6S2/c1-3-8(6-10,7-11)9-17(14,15)5-4-16(2,12)13/h9-11H,3-7H2,1-2H3. The third-order valence-corrected chi connectivity index (χ3v) is 5.07. The smallest absolute Gasteiger partial charge is 0.213 e. The van der Waals surface area contributed by atoms with E-state index < -0.39 is 50.1 Å². The second-order valence-corrected chi connectivity index (χ2v) is 8.10. The highest BCUT2D eigenvalue weighted by atomic mass is 32.2. The van der Waals surface area contributed by atoms with Gasteiger partial charge in [-0.25, -0.2) is 21.6 Å². The summed E-state index contributed by atoms with van der Waals surface area (Å²) >= 11 is 0. The number of aliphatic hydroxyl groups is 2. The van der Waals surface area contributed by atoms with Crippen molar-refractivity contribution in [2.24, 2.45) is 0 Å². The SMILES string of the molecule is CCC(CO)(CO)NS(=O)(=O)CCS(C)(=O)=O. The van der Waals surface area contributed by atoms with E-state index in [0.717, 1.165) is 6.26 Å². The van der Waals surface area contributed by atoms with Gasteiger partial charge >= 0.3 is 0 Å². The van der Waals surface area contributed by atoms with Gasteiger partial charge in [0.2, 0.25) is 10.0 Å². The molecule has 0 saturated carbocycles. The molecule has 0 aromatic carbocycles. The van der Waals surface area contributed by atoms with Crippen LogP contribution in [0.4, 0.5) is 0 Å². The Bertz CT molecular complexity index is 415. The molecule has 0 saturated heterocycles. The third-order valence-electron chi connectivity index (χ3n) is 2.38. The van der Waals surface area contributed by atoms with Crippen molar-refractivity contribution in [3.05, 3.63) is 0 Å². The fourth-order valence-electron chi connectivity index (χ4n) is 1.05. The molecule has 0 atom stereocenters. The first-order valence-corrected chi connectivity index (χ1v) is 8.72. The van der Waals surface area contributed by atoms with Gasteiger partial charge in [0.1, 0.15) is 9.84 Å². The van der Waals surface area contributed by atoms with Gasteiger partial charge in [0.15, 0.2) is 0 Å². The van der Waals surface area contributed by atoms with E-state index in [1.54, 1.807) is 6.92 Å². The van der Waals surface area contributed by atoms with Crippen LogP contribution in [0.15, 0.2) is 0 Å². The summed E-state index contributed by atoms with van der Waals surface area (Å²) in [6.07, 6.45) is 1.13. The van der Waals surface area contributed by atoms with E-state index in [-0.39, 0.29) is 6.42 Å². The molecule has 0 aromatic heterocycles. The topological polar surface area (TPSA) is 121 Å². The maximum atomic E-state index is 11.6. The van der Waals surface area contributed by atoms with Crippen LogP contribution < -0.4 is 4.72 Å². The molecule has 0 aliphatic rings. The fraction of sp³-hybridized carbons (Fsp3) is 1.00. The Hall–Kier alpha value is -0.220. The van der Waals surface area contributed by atoms with Crippen LogP contribution in [0.25, 0.3) is 0 Å². The molecule has 104 valence electrons. The molecule has 0 amide bonds. The molecule has 17 heavy (non-hydrogen) atoms. The van der Waals surface area contributed by atoms with Crippen molar-refractivity contribution in [3.63, 3.8) is 0 Å². The second-order valence-electron chi connectivity index (χ2n) is 4.00. The normalized spacial score (nSPS) is 13.9. The summed E-state index contributed by atoms with van der Waals surface area (Å²) in [6, 6.07) is 0. The number of nitrogens with one attached hydrogen (secondary N) is 1. The van der Waals surface area contributed by atoms with E-state index in [9.17, 15) is 16.8 Å². The van der Waals surface area contributed by atoms with Gasteiger partial charge in [0.25, 0.3) is 0 Å². The summed E-state index contributed by atoms with van der Waals surface area (Å²) in [4.78, 5) is 0. The number of aliphatic hydroxyl groups excluding tert-OH is 2. The quantitative estimate of drug-likeness (QED) is 0.479. The minimum atomic E-state index is -3.86. The molecule has 0 rings (SSSR count). The molecule has 0 bridgehead atoms. The number of rotatable bonds is 8. The molecular weight excluding hydrogens is 270 g/mol. The lowest BCUT2D eigenvalue weighted by Gasteiger charge is -2.29. The number of sulfonamides is 1. The fourth-order valence-corrected chi connectivity index (χ4v) is 4.18. The van der Waals surface area contributed by atoms with Crippen molar-refractivity contribution >= 4 is 19.9 Å². The summed E-state index contributed by atoms with van der Waals surface area (Å²) in [5, 5.41) is 18.1. The molecular formula is C8H19NO6S2. The summed E-state index contributed by atoms with van der Waals surface area (Å²) in [5.74, 6) is -1.09. The predicted octanol–water partition coefficient (Wildman–Crippen LogP) is -1.92. The van der Waals surface area contributed by atoms with Crippen LogP contribution in [-0.4, -0.2) is 63.6 Å². The molecule has 9 heteroatoms. The van der Waals surface area contributed by atoms with E-state index in [2.05, 4.69) is 4.72 Å². The van der Waals surface area contributed by atoms with Gasteiger partial charge in [-0.1, -0.05) is 6.92 Å². The Labute approximate surface area is 102 Å². The minimum absolute atomic E-state index is 0.193. The van der Waals surface area contributed by atoms with E-state index in [4.69, 9.17) is 10.2 Å². The van der Waals surface area contributed by atoms with Crippen molar-refractivity contribution in [1.29, 1.82) is 0 Å². The Balaban J connectivity index is 4.75. The lowest BCUT2D eigenvalue weighted by Crippen LogP contribution is -2.54. The maximum Gasteiger partial charge on any atom is 0.213 e. The molecule has 3 N–H and O–H groups in total. The minimum Gasteiger partial charge on any atom is -0.394 e. The highest BCUT2D eigenvalue weighted by Crippen LogP contribution is 2.10. The monoisotopic (exact) mass is 289 g/mol. The first-order valence-electron chi connectivity index (χ1n) is 5.01. The molecule has 0 spiro atoms. The summed E-state index contributed by atoms with van der Waals surface area (Å²) in [6.45, 7) is 0.488. The molecule has 7 nitrogen and oxygen atoms in total. The highest BCUT2D eigenvalue weighted by Gasteiger charge is 2.32. The maximum absolute atomic E-state index is 11.6. The number of hydrogen-bond donors (Lipinski definition) is 3. The zero-order chi connectivity index (χ0) is 13.7. The van der Waals surface area contributed by atoms with Crippen LogP contribution in [0.2, 0.25) is 0 Å². The van der Waals surface area contributed by atoms with Crippen LogP contribution in [-0.2, 0) is 19.9 Å². The molecule has 0 fully saturated rings. The predicted molar refractivity (Wildman–Crippen MR) is 63.8 cm³/mol. The molecule has 0 aromatic rings. The van der Waals surface area contributed by atoms with Crippen LogP contribution in [0.1, 0.15) is 13.3 Å². The zero-order valence-corrected chi connectivity index (χ0v) is 11.5. The van der Waals surface area contributed by atoms with Gasteiger partial charge in [-0.2, -0.15) is 0 Å². The van der Waals surface area contributed by atoms with Crippen molar-refractivity contribution < 1.29 is 27.0 Å². The molecule has 0 aliphatic heterocycles. The third kappa shape index (κ3) is 6.32. The molecule has 0 aliphatic carbocycles. The van der Waals surface area contributed by atoms with Crippen molar-refractivity contribution in [3.8, 4) is 0 Å². The summed E-state index contributed by atoms with van der Waals surface area (Å²) in [5.41, 5.74) is -1.34. The van der Waals surface area contributed by atoms with Crippen LogP contribution in [0, 0.1) is 0 Å². The van der Waals surface area contributed by atoms with Crippen LogP contribution in [0.3, 0.4) is 0 Å². The van der Waals surface area contributed by atoms with Gasteiger partial charge in [-0.3, -0.25) is 0 Å². The van der Waals surface area contributed by atoms with Gasteiger partial charge in [0, 0.05) is 6.26 Å². The Morgan fingerprint density at radius 2 is 1.53 bits per heavy atom. The lowest BCUT2D eigenvalue weighted by atomic mass is 10.0. The first kappa shape index (κ1) is 16.8. The van der Waals surface area contributed by atoms with Gasteiger partial charge < -0.3 is 10.2 Å². The Morgan fingerprint density at radius 3 is 1.82 bits per heavy atom. The lowest BCUT2D eigenvalue weighted by molar-refractivity contribution is 0.105. The largest absolute Gasteiger partial charge is 0.394 e. The van der Waals surface area contributed by atoms with Crippen LogP contribution >= 0.6 is 0 Å². The van der Waals surface area contributed by atoms with Gasteiger partial charge in [-0.05, 0) is 6.42 Å². The average Bonchev–Trinajstić information content (AvgIpc) is 2.23. The van der Waals surface area contributed by atoms with Crippen molar-refractivity contribution in [2.45, 2.75) is 18.9 Å². The van der Waals surface area contributed by atoms with E-state index in [1.165, 1.54) is 0 Å². The Kier molecular flexibility index (Phi) is 6.02. The highest BCUT2D eigenvalue weighted by molar-refractivity contribution is 7.93. The second kappa shape index (κ2) is 6.10.